The highest BCUT2D eigenvalue weighted by atomic mass is 16.5. The molecule has 1 fully saturated rings. The van der Waals surface area contributed by atoms with Crippen molar-refractivity contribution in [2.45, 2.75) is 45.3 Å². The molecule has 1 saturated heterocycles. The number of pyridine rings is 1. The largest absolute Gasteiger partial charge is 0.376 e. The van der Waals surface area contributed by atoms with E-state index in [0.29, 0.717) is 12.1 Å². The van der Waals surface area contributed by atoms with Gasteiger partial charge in [0.25, 0.3) is 0 Å². The van der Waals surface area contributed by atoms with Crippen LogP contribution in [-0.4, -0.2) is 37.8 Å². The standard InChI is InChI=1S/C16H27N3O/c1-4-9-17-13(2)16-8-7-14(11-18-16)19(3)12-15-6-5-10-20-15/h7-8,11,13,15,17H,4-6,9-10,12H2,1-3H3. The molecule has 2 atom stereocenters. The molecule has 2 rings (SSSR count). The minimum atomic E-state index is 0.312. The first-order valence-electron chi connectivity index (χ1n) is 7.72. The van der Waals surface area contributed by atoms with Gasteiger partial charge in [-0.3, -0.25) is 4.98 Å². The summed E-state index contributed by atoms with van der Waals surface area (Å²) in [6.45, 7) is 7.23. The number of hydrogen-bond acceptors (Lipinski definition) is 4. The van der Waals surface area contributed by atoms with Gasteiger partial charge in [-0.25, -0.2) is 0 Å². The lowest BCUT2D eigenvalue weighted by Crippen LogP contribution is -2.28. The average molecular weight is 277 g/mol. The van der Waals surface area contributed by atoms with E-state index < -0.39 is 0 Å². The Morgan fingerprint density at radius 1 is 1.50 bits per heavy atom. The van der Waals surface area contributed by atoms with Crippen molar-refractivity contribution in [2.24, 2.45) is 0 Å². The van der Waals surface area contributed by atoms with Crippen LogP contribution >= 0.6 is 0 Å². The monoisotopic (exact) mass is 277 g/mol. The van der Waals surface area contributed by atoms with Crippen LogP contribution in [0, 0.1) is 0 Å². The van der Waals surface area contributed by atoms with Crippen LogP contribution in [0.1, 0.15) is 44.8 Å². The van der Waals surface area contributed by atoms with Crippen molar-refractivity contribution in [3.63, 3.8) is 0 Å². The van der Waals surface area contributed by atoms with E-state index >= 15 is 0 Å². The number of likely N-dealkylation sites (N-methyl/N-ethyl adjacent to an activating group) is 1. The third-order valence-electron chi connectivity index (χ3n) is 3.86. The van der Waals surface area contributed by atoms with E-state index in [2.05, 4.69) is 48.2 Å². The van der Waals surface area contributed by atoms with E-state index in [1.165, 1.54) is 12.8 Å². The van der Waals surface area contributed by atoms with Gasteiger partial charge in [0.2, 0.25) is 0 Å². The molecule has 0 bridgehead atoms. The maximum absolute atomic E-state index is 5.68. The van der Waals surface area contributed by atoms with Crippen molar-refractivity contribution in [1.82, 2.24) is 10.3 Å². The normalized spacial score (nSPS) is 20.1. The van der Waals surface area contributed by atoms with Crippen molar-refractivity contribution in [3.05, 3.63) is 24.0 Å². The maximum Gasteiger partial charge on any atom is 0.0750 e. The molecule has 2 heterocycles. The van der Waals surface area contributed by atoms with Crippen LogP contribution in [0.15, 0.2) is 18.3 Å². The highest BCUT2D eigenvalue weighted by molar-refractivity contribution is 5.44. The van der Waals surface area contributed by atoms with Crippen LogP contribution < -0.4 is 10.2 Å². The minimum Gasteiger partial charge on any atom is -0.376 e. The van der Waals surface area contributed by atoms with Crippen LogP contribution in [0.5, 0.6) is 0 Å². The van der Waals surface area contributed by atoms with Crippen LogP contribution in [0.2, 0.25) is 0 Å². The predicted octanol–water partition coefficient (Wildman–Crippen LogP) is 2.76. The summed E-state index contributed by atoms with van der Waals surface area (Å²) in [6, 6.07) is 4.59. The van der Waals surface area contributed by atoms with E-state index in [-0.39, 0.29) is 0 Å². The molecule has 4 nitrogen and oxygen atoms in total. The third-order valence-corrected chi connectivity index (χ3v) is 3.86. The molecule has 0 aliphatic carbocycles. The molecule has 1 aromatic heterocycles. The van der Waals surface area contributed by atoms with Crippen LogP contribution in [0.4, 0.5) is 5.69 Å². The summed E-state index contributed by atoms with van der Waals surface area (Å²) in [7, 11) is 2.11. The number of anilines is 1. The lowest BCUT2D eigenvalue weighted by atomic mass is 10.2. The fraction of sp³-hybridized carbons (Fsp3) is 0.688. The number of hydrogen-bond donors (Lipinski definition) is 1. The zero-order chi connectivity index (χ0) is 14.4. The van der Waals surface area contributed by atoms with Crippen molar-refractivity contribution in [1.29, 1.82) is 0 Å². The Morgan fingerprint density at radius 3 is 2.95 bits per heavy atom. The summed E-state index contributed by atoms with van der Waals surface area (Å²) >= 11 is 0. The highest BCUT2D eigenvalue weighted by Gasteiger charge is 2.17. The first kappa shape index (κ1) is 15.3. The van der Waals surface area contributed by atoms with Gasteiger partial charge < -0.3 is 15.0 Å². The SMILES string of the molecule is CCCNC(C)c1ccc(N(C)CC2CCCO2)cn1. The molecule has 112 valence electrons. The molecule has 2 unspecified atom stereocenters. The topological polar surface area (TPSA) is 37.4 Å². The highest BCUT2D eigenvalue weighted by Crippen LogP contribution is 2.19. The quantitative estimate of drug-likeness (QED) is 0.831. The molecule has 4 heteroatoms. The Balaban J connectivity index is 1.89. The summed E-state index contributed by atoms with van der Waals surface area (Å²) < 4.78 is 5.68. The molecular weight excluding hydrogens is 250 g/mol. The van der Waals surface area contributed by atoms with Gasteiger partial charge in [0.05, 0.1) is 23.7 Å². The maximum atomic E-state index is 5.68. The molecular formula is C16H27N3O. The fourth-order valence-electron chi connectivity index (χ4n) is 2.54. The van der Waals surface area contributed by atoms with E-state index in [9.17, 15) is 0 Å². The van der Waals surface area contributed by atoms with E-state index in [4.69, 9.17) is 4.74 Å². The molecule has 0 saturated carbocycles. The van der Waals surface area contributed by atoms with E-state index in [1.54, 1.807) is 0 Å². The summed E-state index contributed by atoms with van der Waals surface area (Å²) in [5.41, 5.74) is 2.26. The second-order valence-electron chi connectivity index (χ2n) is 5.63. The molecule has 0 radical (unpaired) electrons. The van der Waals surface area contributed by atoms with Crippen molar-refractivity contribution >= 4 is 5.69 Å². The van der Waals surface area contributed by atoms with Crippen molar-refractivity contribution in [3.8, 4) is 0 Å². The van der Waals surface area contributed by atoms with Crippen LogP contribution in [-0.2, 0) is 4.74 Å². The Hall–Kier alpha value is -1.13. The lowest BCUT2D eigenvalue weighted by Gasteiger charge is -2.23. The van der Waals surface area contributed by atoms with Gasteiger partial charge in [0.15, 0.2) is 0 Å². The average Bonchev–Trinajstić information content (AvgIpc) is 2.97. The van der Waals surface area contributed by atoms with Crippen molar-refractivity contribution in [2.75, 3.05) is 31.6 Å². The van der Waals surface area contributed by atoms with Gasteiger partial charge in [0.1, 0.15) is 0 Å². The van der Waals surface area contributed by atoms with E-state index in [0.717, 1.165) is 37.5 Å². The molecule has 0 aromatic carbocycles. The number of nitrogens with one attached hydrogen (secondary N) is 1. The predicted molar refractivity (Wildman–Crippen MR) is 83.2 cm³/mol. The van der Waals surface area contributed by atoms with Crippen LogP contribution in [0.25, 0.3) is 0 Å². The second-order valence-corrected chi connectivity index (χ2v) is 5.63. The molecule has 0 amide bonds. The molecule has 1 aromatic rings. The number of rotatable bonds is 7. The van der Waals surface area contributed by atoms with Crippen molar-refractivity contribution < 1.29 is 4.74 Å². The molecule has 1 aliphatic heterocycles. The molecule has 1 aliphatic rings. The fourth-order valence-corrected chi connectivity index (χ4v) is 2.54. The van der Waals surface area contributed by atoms with Gasteiger partial charge >= 0.3 is 0 Å². The van der Waals surface area contributed by atoms with Gasteiger partial charge in [-0.05, 0) is 44.9 Å². The smallest absolute Gasteiger partial charge is 0.0750 e. The van der Waals surface area contributed by atoms with Gasteiger partial charge in [-0.15, -0.1) is 0 Å². The molecule has 20 heavy (non-hydrogen) atoms. The van der Waals surface area contributed by atoms with Gasteiger partial charge in [0, 0.05) is 26.2 Å². The summed E-state index contributed by atoms with van der Waals surface area (Å²) in [5.74, 6) is 0. The number of ether oxygens (including phenoxy) is 1. The minimum absolute atomic E-state index is 0.312. The first-order chi connectivity index (χ1) is 9.70. The lowest BCUT2D eigenvalue weighted by molar-refractivity contribution is 0.116. The molecule has 1 N–H and O–H groups in total. The second kappa shape index (κ2) is 7.60. The third kappa shape index (κ3) is 4.18. The Morgan fingerprint density at radius 2 is 2.35 bits per heavy atom. The Kier molecular flexibility index (Phi) is 5.80. The van der Waals surface area contributed by atoms with Gasteiger partial charge in [-0.2, -0.15) is 0 Å². The summed E-state index contributed by atoms with van der Waals surface area (Å²) in [4.78, 5) is 6.82. The number of nitrogens with zero attached hydrogens (tertiary/aromatic N) is 2. The zero-order valence-corrected chi connectivity index (χ0v) is 12.9. The Labute approximate surface area is 122 Å². The molecule has 0 spiro atoms. The van der Waals surface area contributed by atoms with Crippen LogP contribution in [0.3, 0.4) is 0 Å². The number of aromatic nitrogens is 1. The first-order valence-corrected chi connectivity index (χ1v) is 7.72. The zero-order valence-electron chi connectivity index (χ0n) is 12.9. The Bertz CT molecular complexity index is 387. The van der Waals surface area contributed by atoms with E-state index in [1.807, 2.05) is 6.20 Å². The summed E-state index contributed by atoms with van der Waals surface area (Å²) in [6.07, 6.45) is 5.86. The summed E-state index contributed by atoms with van der Waals surface area (Å²) in [5, 5.41) is 3.46. The van der Waals surface area contributed by atoms with Gasteiger partial charge in [-0.1, -0.05) is 6.92 Å².